The van der Waals surface area contributed by atoms with Crippen molar-refractivity contribution in [2.45, 2.75) is 6.92 Å². The first-order chi connectivity index (χ1) is 12.0. The second-order valence-corrected chi connectivity index (χ2v) is 5.86. The van der Waals surface area contributed by atoms with Crippen LogP contribution in [0.5, 0.6) is 11.5 Å². The van der Waals surface area contributed by atoms with E-state index in [-0.39, 0.29) is 5.91 Å². The molecule has 6 heteroatoms. The summed E-state index contributed by atoms with van der Waals surface area (Å²) in [6.07, 6.45) is 1.76. The number of hydrogen-bond acceptors (Lipinski definition) is 4. The van der Waals surface area contributed by atoms with E-state index >= 15 is 0 Å². The molecule has 0 fully saturated rings. The summed E-state index contributed by atoms with van der Waals surface area (Å²) in [5, 5.41) is 6.33. The van der Waals surface area contributed by atoms with Crippen LogP contribution in [-0.2, 0) is 4.79 Å². The highest BCUT2D eigenvalue weighted by Crippen LogP contribution is 2.33. The fraction of sp³-hybridized carbons (Fsp3) is 0.158. The van der Waals surface area contributed by atoms with Crippen LogP contribution in [0.4, 0.5) is 5.69 Å². The molecule has 1 amide bonds. The van der Waals surface area contributed by atoms with E-state index < -0.39 is 0 Å². The molecule has 0 aromatic heterocycles. The van der Waals surface area contributed by atoms with E-state index in [9.17, 15) is 4.79 Å². The molecule has 25 heavy (non-hydrogen) atoms. The van der Waals surface area contributed by atoms with E-state index in [2.05, 4.69) is 5.10 Å². The number of methoxy groups -OCH3 is 2. The molecule has 0 spiro atoms. The van der Waals surface area contributed by atoms with Crippen molar-refractivity contribution in [3.63, 3.8) is 0 Å². The fourth-order valence-electron chi connectivity index (χ4n) is 2.62. The van der Waals surface area contributed by atoms with E-state index in [0.717, 1.165) is 5.56 Å². The van der Waals surface area contributed by atoms with Crippen molar-refractivity contribution in [2.75, 3.05) is 19.2 Å². The second-order valence-electron chi connectivity index (χ2n) is 5.42. The molecule has 0 unspecified atom stereocenters. The summed E-state index contributed by atoms with van der Waals surface area (Å²) < 4.78 is 10.7. The molecule has 0 atom stereocenters. The number of rotatable bonds is 4. The third-order valence-corrected chi connectivity index (χ3v) is 4.12. The molecule has 2 aromatic carbocycles. The Labute approximate surface area is 151 Å². The molecule has 3 rings (SSSR count). The number of carbonyl (C=O) groups excluding carboxylic acids is 1. The van der Waals surface area contributed by atoms with E-state index in [0.29, 0.717) is 33.5 Å². The van der Waals surface area contributed by atoms with Gasteiger partial charge in [-0.25, -0.2) is 0 Å². The standard InChI is InChI=1S/C19H17ClN2O3/c1-12-16(11-13-5-4-6-17(24-2)18(13)25-3)19(23)22(21-12)15-9-7-14(20)8-10-15/h4-11H,1-3H3. The highest BCUT2D eigenvalue weighted by atomic mass is 35.5. The number of halogens is 1. The predicted octanol–water partition coefficient (Wildman–Crippen LogP) is 4.16. The molecule has 2 aromatic rings. The molecule has 5 nitrogen and oxygen atoms in total. The van der Waals surface area contributed by atoms with Crippen LogP contribution in [0.2, 0.25) is 5.02 Å². The SMILES string of the molecule is COc1cccc(C=C2C(=O)N(c3ccc(Cl)cc3)N=C2C)c1OC. The number of hydrogen-bond donors (Lipinski definition) is 0. The molecule has 1 aliphatic rings. The number of ether oxygens (including phenoxy) is 2. The molecule has 128 valence electrons. The van der Waals surface area contributed by atoms with Gasteiger partial charge < -0.3 is 9.47 Å². The van der Waals surface area contributed by atoms with Crippen molar-refractivity contribution >= 4 is 35.0 Å². The van der Waals surface area contributed by atoms with E-state index in [4.69, 9.17) is 21.1 Å². The second kappa shape index (κ2) is 6.99. The summed E-state index contributed by atoms with van der Waals surface area (Å²) in [6, 6.07) is 12.5. The van der Waals surface area contributed by atoms with E-state index in [1.807, 2.05) is 12.1 Å². The predicted molar refractivity (Wildman–Crippen MR) is 99.6 cm³/mol. The molecule has 1 heterocycles. The minimum Gasteiger partial charge on any atom is -0.493 e. The van der Waals surface area contributed by atoms with Crippen molar-refractivity contribution in [1.29, 1.82) is 0 Å². The number of anilines is 1. The van der Waals surface area contributed by atoms with Gasteiger partial charge in [-0.1, -0.05) is 23.7 Å². The Kier molecular flexibility index (Phi) is 4.76. The van der Waals surface area contributed by atoms with Gasteiger partial charge in [0.05, 0.1) is 31.2 Å². The number of amides is 1. The van der Waals surface area contributed by atoms with Gasteiger partial charge in [-0.2, -0.15) is 10.1 Å². The van der Waals surface area contributed by atoms with Gasteiger partial charge in [0.15, 0.2) is 11.5 Å². The summed E-state index contributed by atoms with van der Waals surface area (Å²) in [6.45, 7) is 1.80. The highest BCUT2D eigenvalue weighted by Gasteiger charge is 2.29. The average Bonchev–Trinajstić information content (AvgIpc) is 2.90. The van der Waals surface area contributed by atoms with Crippen molar-refractivity contribution in [2.24, 2.45) is 5.10 Å². The van der Waals surface area contributed by atoms with Crippen LogP contribution in [-0.4, -0.2) is 25.8 Å². The number of nitrogens with zero attached hydrogens (tertiary/aromatic N) is 2. The summed E-state index contributed by atoms with van der Waals surface area (Å²) in [5.74, 6) is 0.971. The van der Waals surface area contributed by atoms with Crippen LogP contribution >= 0.6 is 11.6 Å². The lowest BCUT2D eigenvalue weighted by Crippen LogP contribution is -2.21. The summed E-state index contributed by atoms with van der Waals surface area (Å²) in [5.41, 5.74) is 2.54. The first-order valence-corrected chi connectivity index (χ1v) is 8.01. The van der Waals surface area contributed by atoms with Gasteiger partial charge in [0, 0.05) is 10.6 Å². The number of benzene rings is 2. The third kappa shape index (κ3) is 3.23. The summed E-state index contributed by atoms with van der Waals surface area (Å²) in [4.78, 5) is 12.8. The zero-order valence-electron chi connectivity index (χ0n) is 14.1. The zero-order chi connectivity index (χ0) is 18.0. The first kappa shape index (κ1) is 17.0. The number of para-hydroxylation sites is 1. The van der Waals surface area contributed by atoms with Crippen LogP contribution in [0, 0.1) is 0 Å². The monoisotopic (exact) mass is 356 g/mol. The Bertz CT molecular complexity index is 873. The van der Waals surface area contributed by atoms with Crippen LogP contribution in [0.15, 0.2) is 53.1 Å². The molecular weight excluding hydrogens is 340 g/mol. The Morgan fingerprint density at radius 1 is 1.08 bits per heavy atom. The van der Waals surface area contributed by atoms with E-state index in [1.54, 1.807) is 57.6 Å². The van der Waals surface area contributed by atoms with Crippen molar-refractivity contribution in [1.82, 2.24) is 0 Å². The van der Waals surface area contributed by atoms with Crippen molar-refractivity contribution in [3.05, 3.63) is 58.6 Å². The largest absolute Gasteiger partial charge is 0.493 e. The van der Waals surface area contributed by atoms with Crippen molar-refractivity contribution in [3.8, 4) is 11.5 Å². The lowest BCUT2D eigenvalue weighted by atomic mass is 10.1. The Hall–Kier alpha value is -2.79. The topological polar surface area (TPSA) is 51.1 Å². The third-order valence-electron chi connectivity index (χ3n) is 3.87. The van der Waals surface area contributed by atoms with Gasteiger partial charge in [0.1, 0.15) is 0 Å². The lowest BCUT2D eigenvalue weighted by Gasteiger charge is -2.12. The molecule has 1 aliphatic heterocycles. The minimum absolute atomic E-state index is 0.204. The lowest BCUT2D eigenvalue weighted by molar-refractivity contribution is -0.114. The normalized spacial score (nSPS) is 15.5. The van der Waals surface area contributed by atoms with Gasteiger partial charge >= 0.3 is 0 Å². The van der Waals surface area contributed by atoms with Gasteiger partial charge in [0.2, 0.25) is 0 Å². The van der Waals surface area contributed by atoms with E-state index in [1.165, 1.54) is 5.01 Å². The summed E-state index contributed by atoms with van der Waals surface area (Å²) >= 11 is 5.90. The maximum absolute atomic E-state index is 12.8. The summed E-state index contributed by atoms with van der Waals surface area (Å²) in [7, 11) is 3.14. The molecular formula is C19H17ClN2O3. The quantitative estimate of drug-likeness (QED) is 0.773. The molecule has 0 radical (unpaired) electrons. The van der Waals surface area contributed by atoms with Gasteiger partial charge in [-0.05, 0) is 43.3 Å². The molecule has 0 N–H and O–H groups in total. The van der Waals surface area contributed by atoms with Crippen LogP contribution < -0.4 is 14.5 Å². The Morgan fingerprint density at radius 3 is 2.44 bits per heavy atom. The van der Waals surface area contributed by atoms with Crippen LogP contribution in [0.1, 0.15) is 12.5 Å². The number of carbonyl (C=O) groups is 1. The average molecular weight is 357 g/mol. The van der Waals surface area contributed by atoms with Gasteiger partial charge in [-0.15, -0.1) is 0 Å². The smallest absolute Gasteiger partial charge is 0.280 e. The van der Waals surface area contributed by atoms with Crippen LogP contribution in [0.3, 0.4) is 0 Å². The van der Waals surface area contributed by atoms with Gasteiger partial charge in [0.25, 0.3) is 5.91 Å². The first-order valence-electron chi connectivity index (χ1n) is 7.63. The molecule has 0 saturated carbocycles. The minimum atomic E-state index is -0.204. The maximum Gasteiger partial charge on any atom is 0.280 e. The Morgan fingerprint density at radius 2 is 1.80 bits per heavy atom. The molecule has 0 saturated heterocycles. The zero-order valence-corrected chi connectivity index (χ0v) is 14.9. The van der Waals surface area contributed by atoms with Crippen molar-refractivity contribution < 1.29 is 14.3 Å². The number of hydrazone groups is 1. The fourth-order valence-corrected chi connectivity index (χ4v) is 2.75. The molecule has 0 aliphatic carbocycles. The van der Waals surface area contributed by atoms with Crippen LogP contribution in [0.25, 0.3) is 6.08 Å². The van der Waals surface area contributed by atoms with Gasteiger partial charge in [-0.3, -0.25) is 4.79 Å². The maximum atomic E-state index is 12.8. The highest BCUT2D eigenvalue weighted by molar-refractivity contribution is 6.32. The Balaban J connectivity index is 1.99. The molecule has 0 bridgehead atoms.